The molecular formula is C8H7N5. The van der Waals surface area contributed by atoms with Crippen LogP contribution < -0.4 is 0 Å². The Morgan fingerprint density at radius 1 is 1.46 bits per heavy atom. The van der Waals surface area contributed by atoms with E-state index in [-0.39, 0.29) is 0 Å². The Hall–Kier alpha value is -2.04. The summed E-state index contributed by atoms with van der Waals surface area (Å²) in [7, 11) is 0. The summed E-state index contributed by atoms with van der Waals surface area (Å²) in [6.07, 6.45) is 4.90. The largest absolute Gasteiger partial charge is 0.264 e. The molecule has 0 amide bonds. The zero-order valence-corrected chi connectivity index (χ0v) is 6.83. The molecule has 2 heterocycles. The Labute approximate surface area is 74.8 Å². The zero-order valence-electron chi connectivity index (χ0n) is 6.83. The van der Waals surface area contributed by atoms with Gasteiger partial charge in [-0.25, -0.2) is 4.68 Å². The first-order valence-corrected chi connectivity index (χ1v) is 3.69. The fraction of sp³-hybridized carbons (Fsp3) is 0. The van der Waals surface area contributed by atoms with Gasteiger partial charge in [0.15, 0.2) is 5.82 Å². The van der Waals surface area contributed by atoms with Crippen LogP contribution in [0.4, 0.5) is 0 Å². The first-order valence-electron chi connectivity index (χ1n) is 3.69. The number of pyridine rings is 1. The predicted octanol–water partition coefficient (Wildman–Crippen LogP) is 0.804. The SMILES string of the molecule is C=Nn1cnnc1-c1cccnc1. The average Bonchev–Trinajstić information content (AvgIpc) is 2.67. The molecule has 0 radical (unpaired) electrons. The fourth-order valence-corrected chi connectivity index (χ4v) is 1.02. The first kappa shape index (κ1) is 7.60. The molecule has 0 aliphatic heterocycles. The van der Waals surface area contributed by atoms with Crippen molar-refractivity contribution in [2.24, 2.45) is 5.10 Å². The van der Waals surface area contributed by atoms with Gasteiger partial charge in [0.05, 0.1) is 0 Å². The molecule has 0 fully saturated rings. The van der Waals surface area contributed by atoms with Gasteiger partial charge in [-0.1, -0.05) is 0 Å². The molecule has 0 aliphatic carbocycles. The molecule has 0 unspecified atom stereocenters. The molecule has 0 N–H and O–H groups in total. The van der Waals surface area contributed by atoms with Crippen LogP contribution in [-0.2, 0) is 0 Å². The maximum absolute atomic E-state index is 3.97. The van der Waals surface area contributed by atoms with Crippen molar-refractivity contribution in [1.29, 1.82) is 0 Å². The second kappa shape index (κ2) is 3.14. The van der Waals surface area contributed by atoms with Crippen molar-refractivity contribution < 1.29 is 0 Å². The van der Waals surface area contributed by atoms with Gasteiger partial charge in [-0.2, -0.15) is 5.10 Å². The predicted molar refractivity (Wildman–Crippen MR) is 48.2 cm³/mol. The number of aromatic nitrogens is 4. The van der Waals surface area contributed by atoms with Gasteiger partial charge in [0.25, 0.3) is 0 Å². The molecule has 2 aromatic rings. The minimum absolute atomic E-state index is 0.642. The van der Waals surface area contributed by atoms with Gasteiger partial charge in [0.2, 0.25) is 0 Å². The standard InChI is InChI=1S/C8H7N5/c1-9-13-6-11-12-8(13)7-3-2-4-10-5-7/h2-6H,1H2. The lowest BCUT2D eigenvalue weighted by molar-refractivity contribution is 0.891. The summed E-state index contributed by atoms with van der Waals surface area (Å²) in [5.74, 6) is 0.642. The maximum atomic E-state index is 3.97. The lowest BCUT2D eigenvalue weighted by Gasteiger charge is -1.97. The van der Waals surface area contributed by atoms with Gasteiger partial charge in [0.1, 0.15) is 6.33 Å². The van der Waals surface area contributed by atoms with Gasteiger partial charge in [-0.15, -0.1) is 10.2 Å². The Balaban J connectivity index is 2.52. The van der Waals surface area contributed by atoms with E-state index in [9.17, 15) is 0 Å². The molecule has 0 aliphatic rings. The van der Waals surface area contributed by atoms with Crippen LogP contribution >= 0.6 is 0 Å². The van der Waals surface area contributed by atoms with E-state index < -0.39 is 0 Å². The molecule has 5 nitrogen and oxygen atoms in total. The molecule has 0 bridgehead atoms. The molecule has 0 saturated carbocycles. The monoisotopic (exact) mass is 173 g/mol. The Bertz CT molecular complexity index is 405. The van der Waals surface area contributed by atoms with Crippen LogP contribution in [0.5, 0.6) is 0 Å². The summed E-state index contributed by atoms with van der Waals surface area (Å²) < 4.78 is 1.50. The molecule has 64 valence electrons. The van der Waals surface area contributed by atoms with Gasteiger partial charge in [-0.3, -0.25) is 4.98 Å². The highest BCUT2D eigenvalue weighted by atomic mass is 15.4. The summed E-state index contributed by atoms with van der Waals surface area (Å²) in [6.45, 7) is 3.40. The van der Waals surface area contributed by atoms with Gasteiger partial charge >= 0.3 is 0 Å². The lowest BCUT2D eigenvalue weighted by atomic mass is 10.3. The molecule has 2 rings (SSSR count). The van der Waals surface area contributed by atoms with Crippen molar-refractivity contribution in [2.75, 3.05) is 0 Å². The summed E-state index contributed by atoms with van der Waals surface area (Å²) in [4.78, 5) is 3.97. The minimum Gasteiger partial charge on any atom is -0.264 e. The van der Waals surface area contributed by atoms with E-state index in [2.05, 4.69) is 27.0 Å². The average molecular weight is 173 g/mol. The number of rotatable bonds is 2. The van der Waals surface area contributed by atoms with Crippen LogP contribution in [0.3, 0.4) is 0 Å². The first-order chi connectivity index (χ1) is 6.42. The van der Waals surface area contributed by atoms with Crippen molar-refractivity contribution in [1.82, 2.24) is 19.9 Å². The fourth-order valence-electron chi connectivity index (χ4n) is 1.02. The van der Waals surface area contributed by atoms with Crippen molar-refractivity contribution in [2.45, 2.75) is 0 Å². The summed E-state index contributed by atoms with van der Waals surface area (Å²) >= 11 is 0. The van der Waals surface area contributed by atoms with Crippen LogP contribution in [0.15, 0.2) is 36.0 Å². The van der Waals surface area contributed by atoms with E-state index in [1.807, 2.05) is 12.1 Å². The van der Waals surface area contributed by atoms with E-state index in [1.165, 1.54) is 11.0 Å². The second-order valence-electron chi connectivity index (χ2n) is 2.38. The lowest BCUT2D eigenvalue weighted by Crippen LogP contribution is -1.90. The summed E-state index contributed by atoms with van der Waals surface area (Å²) in [5, 5.41) is 11.3. The molecule has 5 heteroatoms. The number of hydrogen-bond acceptors (Lipinski definition) is 4. The minimum atomic E-state index is 0.642. The van der Waals surface area contributed by atoms with Crippen molar-refractivity contribution in [3.8, 4) is 11.4 Å². The molecule has 0 aromatic carbocycles. The van der Waals surface area contributed by atoms with Crippen LogP contribution in [0.1, 0.15) is 0 Å². The van der Waals surface area contributed by atoms with Crippen LogP contribution in [0, 0.1) is 0 Å². The van der Waals surface area contributed by atoms with E-state index in [1.54, 1.807) is 12.4 Å². The van der Waals surface area contributed by atoms with Crippen LogP contribution in [-0.4, -0.2) is 26.6 Å². The highest BCUT2D eigenvalue weighted by Gasteiger charge is 2.04. The summed E-state index contributed by atoms with van der Waals surface area (Å²) in [6, 6.07) is 3.72. The van der Waals surface area contributed by atoms with E-state index >= 15 is 0 Å². The third-order valence-electron chi connectivity index (χ3n) is 1.60. The second-order valence-corrected chi connectivity index (χ2v) is 2.38. The Kier molecular flexibility index (Phi) is 1.84. The Morgan fingerprint density at radius 3 is 3.08 bits per heavy atom. The topological polar surface area (TPSA) is 56.0 Å². The van der Waals surface area contributed by atoms with Gasteiger partial charge in [0, 0.05) is 24.7 Å². The molecule has 0 atom stereocenters. The normalized spacial score (nSPS) is 9.85. The molecule has 2 aromatic heterocycles. The van der Waals surface area contributed by atoms with Gasteiger partial charge in [-0.05, 0) is 12.1 Å². The third-order valence-corrected chi connectivity index (χ3v) is 1.60. The smallest absolute Gasteiger partial charge is 0.186 e. The van der Waals surface area contributed by atoms with E-state index in [0.717, 1.165) is 5.56 Å². The summed E-state index contributed by atoms with van der Waals surface area (Å²) in [5.41, 5.74) is 0.868. The van der Waals surface area contributed by atoms with E-state index in [4.69, 9.17) is 0 Å². The number of hydrogen-bond donors (Lipinski definition) is 0. The zero-order chi connectivity index (χ0) is 9.10. The van der Waals surface area contributed by atoms with Crippen molar-refractivity contribution in [3.63, 3.8) is 0 Å². The maximum Gasteiger partial charge on any atom is 0.186 e. The molecule has 13 heavy (non-hydrogen) atoms. The third kappa shape index (κ3) is 1.31. The quantitative estimate of drug-likeness (QED) is 0.631. The van der Waals surface area contributed by atoms with Crippen LogP contribution in [0.2, 0.25) is 0 Å². The van der Waals surface area contributed by atoms with Crippen molar-refractivity contribution >= 4 is 6.72 Å². The van der Waals surface area contributed by atoms with Gasteiger partial charge < -0.3 is 0 Å². The van der Waals surface area contributed by atoms with Crippen LogP contribution in [0.25, 0.3) is 11.4 Å². The molecule has 0 spiro atoms. The van der Waals surface area contributed by atoms with Crippen molar-refractivity contribution in [3.05, 3.63) is 30.9 Å². The highest BCUT2D eigenvalue weighted by molar-refractivity contribution is 5.53. The van der Waals surface area contributed by atoms with E-state index in [0.29, 0.717) is 5.82 Å². The Morgan fingerprint density at radius 2 is 2.38 bits per heavy atom. The number of nitrogens with zero attached hydrogens (tertiary/aromatic N) is 5. The molecular weight excluding hydrogens is 166 g/mol. The molecule has 0 saturated heterocycles. The highest BCUT2D eigenvalue weighted by Crippen LogP contribution is 2.13.